The SMILES string of the molecule is Cc1nc2sc([C@@H](c3ccc(Br)s3)N3CCCCC3)c(O)n2n1. The van der Waals surface area contributed by atoms with Crippen molar-refractivity contribution in [3.8, 4) is 5.88 Å². The first-order chi connectivity index (χ1) is 11.1. The molecule has 4 rings (SSSR count). The topological polar surface area (TPSA) is 53.7 Å². The minimum atomic E-state index is 0.0837. The number of thiazole rings is 1. The summed E-state index contributed by atoms with van der Waals surface area (Å²) >= 11 is 6.83. The average Bonchev–Trinajstić information content (AvgIpc) is 3.19. The highest BCUT2D eigenvalue weighted by molar-refractivity contribution is 9.11. The Balaban J connectivity index is 1.82. The standard InChI is InChI=1S/C15H17BrN4OS2/c1-9-17-15-20(18-9)14(21)13(23-15)12(10-5-6-11(16)22-10)19-7-3-2-4-8-19/h5-6,12,21H,2-4,7-8H2,1H3/t12-/m1/s1. The van der Waals surface area contributed by atoms with E-state index in [1.165, 1.54) is 35.5 Å². The van der Waals surface area contributed by atoms with Gasteiger partial charge in [-0.1, -0.05) is 17.8 Å². The summed E-state index contributed by atoms with van der Waals surface area (Å²) in [7, 11) is 0. The number of rotatable bonds is 3. The molecule has 5 nitrogen and oxygen atoms in total. The van der Waals surface area contributed by atoms with E-state index in [9.17, 15) is 5.11 Å². The number of likely N-dealkylation sites (tertiary alicyclic amines) is 1. The van der Waals surface area contributed by atoms with Crippen LogP contribution >= 0.6 is 38.6 Å². The normalized spacial score (nSPS) is 17.8. The van der Waals surface area contributed by atoms with Gasteiger partial charge in [-0.2, -0.15) is 4.52 Å². The number of aromatic nitrogens is 3. The first kappa shape index (κ1) is 15.6. The predicted molar refractivity (Wildman–Crippen MR) is 96.6 cm³/mol. The Hall–Kier alpha value is -0.960. The maximum Gasteiger partial charge on any atom is 0.230 e. The molecule has 3 aromatic rings. The molecular formula is C15H17BrN4OS2. The van der Waals surface area contributed by atoms with Crippen molar-refractivity contribution in [3.05, 3.63) is 31.5 Å². The van der Waals surface area contributed by atoms with Crippen molar-refractivity contribution in [1.29, 1.82) is 0 Å². The molecule has 8 heteroatoms. The lowest BCUT2D eigenvalue weighted by molar-refractivity contribution is 0.188. The van der Waals surface area contributed by atoms with Crippen molar-refractivity contribution < 1.29 is 5.11 Å². The molecule has 0 radical (unpaired) electrons. The third-order valence-electron chi connectivity index (χ3n) is 4.17. The minimum absolute atomic E-state index is 0.0837. The highest BCUT2D eigenvalue weighted by Gasteiger charge is 2.31. The summed E-state index contributed by atoms with van der Waals surface area (Å²) in [6, 6.07) is 4.31. The summed E-state index contributed by atoms with van der Waals surface area (Å²) in [5, 5.41) is 15.0. The molecule has 0 unspecified atom stereocenters. The fourth-order valence-corrected chi connectivity index (χ4v) is 5.95. The van der Waals surface area contributed by atoms with E-state index in [0.717, 1.165) is 26.7 Å². The lowest BCUT2D eigenvalue weighted by Crippen LogP contribution is -2.33. The maximum absolute atomic E-state index is 10.7. The van der Waals surface area contributed by atoms with Gasteiger partial charge < -0.3 is 5.11 Å². The Morgan fingerprint density at radius 3 is 2.65 bits per heavy atom. The summed E-state index contributed by atoms with van der Waals surface area (Å²) in [6.07, 6.45) is 3.71. The summed E-state index contributed by atoms with van der Waals surface area (Å²) in [5.41, 5.74) is 0. The van der Waals surface area contributed by atoms with Crippen LogP contribution in [0.2, 0.25) is 0 Å². The lowest BCUT2D eigenvalue weighted by atomic mass is 10.1. The van der Waals surface area contributed by atoms with Crippen LogP contribution < -0.4 is 0 Å². The number of aryl methyl sites for hydroxylation is 1. The zero-order chi connectivity index (χ0) is 16.0. The second-order valence-electron chi connectivity index (χ2n) is 5.78. The Morgan fingerprint density at radius 1 is 1.22 bits per heavy atom. The van der Waals surface area contributed by atoms with Crippen molar-refractivity contribution in [1.82, 2.24) is 19.5 Å². The van der Waals surface area contributed by atoms with E-state index in [-0.39, 0.29) is 11.9 Å². The molecule has 122 valence electrons. The quantitative estimate of drug-likeness (QED) is 0.699. The van der Waals surface area contributed by atoms with Crippen LogP contribution in [0.25, 0.3) is 4.96 Å². The highest BCUT2D eigenvalue weighted by Crippen LogP contribution is 2.43. The fraction of sp³-hybridized carbons (Fsp3) is 0.467. The summed E-state index contributed by atoms with van der Waals surface area (Å²) < 4.78 is 2.68. The van der Waals surface area contributed by atoms with Crippen LogP contribution in [0.4, 0.5) is 0 Å². The first-order valence-electron chi connectivity index (χ1n) is 7.68. The molecule has 0 amide bonds. The van der Waals surface area contributed by atoms with Crippen LogP contribution in [0.15, 0.2) is 15.9 Å². The Labute approximate surface area is 150 Å². The minimum Gasteiger partial charge on any atom is -0.492 e. The smallest absolute Gasteiger partial charge is 0.230 e. The molecule has 0 saturated carbocycles. The van der Waals surface area contributed by atoms with Gasteiger partial charge >= 0.3 is 0 Å². The van der Waals surface area contributed by atoms with E-state index >= 15 is 0 Å². The number of halogens is 1. The van der Waals surface area contributed by atoms with Crippen LogP contribution in [-0.4, -0.2) is 37.7 Å². The van der Waals surface area contributed by atoms with Gasteiger partial charge in [0.2, 0.25) is 10.8 Å². The molecule has 1 aliphatic rings. The van der Waals surface area contributed by atoms with E-state index < -0.39 is 0 Å². The monoisotopic (exact) mass is 412 g/mol. The molecule has 0 bridgehead atoms. The lowest BCUT2D eigenvalue weighted by Gasteiger charge is -2.33. The zero-order valence-corrected chi connectivity index (χ0v) is 15.9. The van der Waals surface area contributed by atoms with E-state index in [4.69, 9.17) is 0 Å². The molecule has 4 heterocycles. The number of nitrogens with zero attached hydrogens (tertiary/aromatic N) is 4. The van der Waals surface area contributed by atoms with Crippen LogP contribution in [-0.2, 0) is 0 Å². The van der Waals surface area contributed by atoms with E-state index in [1.54, 1.807) is 15.9 Å². The van der Waals surface area contributed by atoms with Gasteiger partial charge in [0.25, 0.3) is 0 Å². The maximum atomic E-state index is 10.7. The number of aromatic hydroxyl groups is 1. The zero-order valence-electron chi connectivity index (χ0n) is 12.7. The van der Waals surface area contributed by atoms with Crippen molar-refractivity contribution in [3.63, 3.8) is 0 Å². The second-order valence-corrected chi connectivity index (χ2v) is 9.29. The van der Waals surface area contributed by atoms with E-state index in [2.05, 4.69) is 43.0 Å². The fourth-order valence-electron chi connectivity index (χ4n) is 3.15. The molecule has 0 aromatic carbocycles. The predicted octanol–water partition coefficient (Wildman–Crippen LogP) is 4.20. The molecule has 0 aliphatic carbocycles. The van der Waals surface area contributed by atoms with Crippen molar-refractivity contribution in [2.45, 2.75) is 32.2 Å². The summed E-state index contributed by atoms with van der Waals surface area (Å²) in [4.78, 5) is 9.82. The van der Waals surface area contributed by atoms with Gasteiger partial charge in [0.15, 0.2) is 0 Å². The molecule has 23 heavy (non-hydrogen) atoms. The molecular weight excluding hydrogens is 396 g/mol. The second kappa shape index (κ2) is 6.16. The average molecular weight is 413 g/mol. The van der Waals surface area contributed by atoms with Crippen LogP contribution in [0.5, 0.6) is 5.88 Å². The van der Waals surface area contributed by atoms with Gasteiger partial charge in [-0.15, -0.1) is 16.4 Å². The molecule has 1 N–H and O–H groups in total. The van der Waals surface area contributed by atoms with Gasteiger partial charge in [0, 0.05) is 4.88 Å². The number of piperidine rings is 1. The van der Waals surface area contributed by atoms with Gasteiger partial charge in [0.05, 0.1) is 14.7 Å². The number of fused-ring (bicyclic) bond motifs is 1. The van der Waals surface area contributed by atoms with E-state index in [0.29, 0.717) is 5.82 Å². The van der Waals surface area contributed by atoms with Gasteiger partial charge in [0.1, 0.15) is 5.82 Å². The van der Waals surface area contributed by atoms with Crippen molar-refractivity contribution in [2.75, 3.05) is 13.1 Å². The first-order valence-corrected chi connectivity index (χ1v) is 10.1. The Kier molecular flexibility index (Phi) is 4.17. The molecule has 1 aliphatic heterocycles. The number of thiophene rings is 1. The largest absolute Gasteiger partial charge is 0.492 e. The highest BCUT2D eigenvalue weighted by atomic mass is 79.9. The summed E-state index contributed by atoms with van der Waals surface area (Å²) in [5.74, 6) is 0.914. The number of hydrogen-bond acceptors (Lipinski definition) is 6. The third kappa shape index (κ3) is 2.82. The van der Waals surface area contributed by atoms with Crippen molar-refractivity contribution in [2.24, 2.45) is 0 Å². The Morgan fingerprint density at radius 2 is 2.00 bits per heavy atom. The summed E-state index contributed by atoms with van der Waals surface area (Å²) in [6.45, 7) is 3.97. The van der Waals surface area contributed by atoms with Crippen LogP contribution in [0.1, 0.15) is 40.9 Å². The third-order valence-corrected chi connectivity index (χ3v) is 6.92. The van der Waals surface area contributed by atoms with Gasteiger partial charge in [-0.25, -0.2) is 4.98 Å². The van der Waals surface area contributed by atoms with Crippen LogP contribution in [0.3, 0.4) is 0 Å². The van der Waals surface area contributed by atoms with Gasteiger partial charge in [-0.05, 0) is 60.9 Å². The molecule has 3 aromatic heterocycles. The molecule has 1 fully saturated rings. The van der Waals surface area contributed by atoms with E-state index in [1.807, 2.05) is 6.92 Å². The van der Waals surface area contributed by atoms with Crippen LogP contribution in [0, 0.1) is 6.92 Å². The number of hydrogen-bond donors (Lipinski definition) is 1. The van der Waals surface area contributed by atoms with Crippen molar-refractivity contribution >= 4 is 43.6 Å². The molecule has 1 saturated heterocycles. The molecule has 1 atom stereocenters. The molecule has 0 spiro atoms. The van der Waals surface area contributed by atoms with Gasteiger partial charge in [-0.3, -0.25) is 4.90 Å². The Bertz CT molecular complexity index is 834.